The number of hydrogen-bond acceptors (Lipinski definition) is 3. The van der Waals surface area contributed by atoms with Crippen LogP contribution in [0.2, 0.25) is 0 Å². The SMILES string of the molecule is NCc1cc(Br)ccc1SCCCO. The van der Waals surface area contributed by atoms with E-state index in [0.717, 1.165) is 22.2 Å². The van der Waals surface area contributed by atoms with Gasteiger partial charge in [-0.05, 0) is 30.2 Å². The summed E-state index contributed by atoms with van der Waals surface area (Å²) in [7, 11) is 0. The lowest BCUT2D eigenvalue weighted by Gasteiger charge is -2.07. The molecule has 0 spiro atoms. The molecule has 0 saturated heterocycles. The van der Waals surface area contributed by atoms with Crippen molar-refractivity contribution < 1.29 is 5.11 Å². The summed E-state index contributed by atoms with van der Waals surface area (Å²) in [4.78, 5) is 1.21. The van der Waals surface area contributed by atoms with E-state index in [4.69, 9.17) is 10.8 Å². The van der Waals surface area contributed by atoms with Crippen LogP contribution in [0.1, 0.15) is 12.0 Å². The number of benzene rings is 1. The number of nitrogens with two attached hydrogens (primary N) is 1. The summed E-state index contributed by atoms with van der Waals surface area (Å²) in [5.74, 6) is 0.936. The number of aliphatic hydroxyl groups excluding tert-OH is 1. The topological polar surface area (TPSA) is 46.2 Å². The van der Waals surface area contributed by atoms with Crippen molar-refractivity contribution in [2.45, 2.75) is 17.9 Å². The summed E-state index contributed by atoms with van der Waals surface area (Å²) in [6.45, 7) is 0.808. The summed E-state index contributed by atoms with van der Waals surface area (Å²) in [6, 6.07) is 6.12. The number of thioether (sulfide) groups is 1. The van der Waals surface area contributed by atoms with E-state index < -0.39 is 0 Å². The molecule has 0 atom stereocenters. The van der Waals surface area contributed by atoms with Gasteiger partial charge in [0.05, 0.1) is 0 Å². The fourth-order valence-corrected chi connectivity index (χ4v) is 2.49. The molecule has 1 aromatic carbocycles. The first-order chi connectivity index (χ1) is 6.77. The van der Waals surface area contributed by atoms with E-state index in [0.29, 0.717) is 6.54 Å². The second kappa shape index (κ2) is 6.45. The van der Waals surface area contributed by atoms with Gasteiger partial charge in [0, 0.05) is 28.3 Å². The van der Waals surface area contributed by atoms with Gasteiger partial charge in [0.2, 0.25) is 0 Å². The quantitative estimate of drug-likeness (QED) is 0.641. The predicted octanol–water partition coefficient (Wildman–Crippen LogP) is 2.38. The summed E-state index contributed by atoms with van der Waals surface area (Å²) in [5.41, 5.74) is 6.80. The minimum Gasteiger partial charge on any atom is -0.396 e. The van der Waals surface area contributed by atoms with Crippen LogP contribution in [-0.4, -0.2) is 17.5 Å². The lowest BCUT2D eigenvalue weighted by atomic mass is 10.2. The maximum atomic E-state index is 8.67. The Hall–Kier alpha value is -0.0300. The summed E-state index contributed by atoms with van der Waals surface area (Å²) >= 11 is 5.16. The first-order valence-electron chi connectivity index (χ1n) is 4.50. The zero-order valence-electron chi connectivity index (χ0n) is 7.87. The molecule has 3 N–H and O–H groups in total. The van der Waals surface area contributed by atoms with E-state index in [2.05, 4.69) is 22.0 Å². The highest BCUT2D eigenvalue weighted by Gasteiger charge is 2.01. The Morgan fingerprint density at radius 2 is 2.21 bits per heavy atom. The molecule has 4 heteroatoms. The van der Waals surface area contributed by atoms with Crippen molar-refractivity contribution in [3.8, 4) is 0 Å². The third kappa shape index (κ3) is 3.61. The van der Waals surface area contributed by atoms with Crippen molar-refractivity contribution in [2.24, 2.45) is 5.73 Å². The van der Waals surface area contributed by atoms with E-state index in [9.17, 15) is 0 Å². The second-order valence-corrected chi connectivity index (χ2v) is 4.93. The molecule has 0 aliphatic heterocycles. The Morgan fingerprint density at radius 3 is 2.86 bits per heavy atom. The Bertz CT molecular complexity index is 293. The van der Waals surface area contributed by atoms with Crippen LogP contribution < -0.4 is 5.73 Å². The minimum atomic E-state index is 0.251. The Kier molecular flexibility index (Phi) is 5.55. The third-order valence-corrected chi connectivity index (χ3v) is 3.50. The molecule has 0 radical (unpaired) electrons. The van der Waals surface area contributed by atoms with Gasteiger partial charge in [0.1, 0.15) is 0 Å². The molecule has 2 nitrogen and oxygen atoms in total. The molecule has 0 amide bonds. The highest BCUT2D eigenvalue weighted by molar-refractivity contribution is 9.10. The van der Waals surface area contributed by atoms with Crippen LogP contribution in [0.3, 0.4) is 0 Å². The van der Waals surface area contributed by atoms with Gasteiger partial charge in [0.15, 0.2) is 0 Å². The van der Waals surface area contributed by atoms with Gasteiger partial charge in [-0.15, -0.1) is 11.8 Å². The molecule has 78 valence electrons. The van der Waals surface area contributed by atoms with E-state index in [1.807, 2.05) is 12.1 Å². The highest BCUT2D eigenvalue weighted by atomic mass is 79.9. The van der Waals surface area contributed by atoms with Crippen LogP contribution in [0.5, 0.6) is 0 Å². The molecule has 0 unspecified atom stereocenters. The highest BCUT2D eigenvalue weighted by Crippen LogP contribution is 2.26. The van der Waals surface area contributed by atoms with Crippen LogP contribution in [0.4, 0.5) is 0 Å². The van der Waals surface area contributed by atoms with Crippen molar-refractivity contribution in [3.63, 3.8) is 0 Å². The molecule has 14 heavy (non-hydrogen) atoms. The molecule has 0 aliphatic rings. The number of rotatable bonds is 5. The van der Waals surface area contributed by atoms with Gasteiger partial charge in [-0.25, -0.2) is 0 Å². The van der Waals surface area contributed by atoms with E-state index in [-0.39, 0.29) is 6.61 Å². The van der Waals surface area contributed by atoms with Gasteiger partial charge in [-0.1, -0.05) is 15.9 Å². The van der Waals surface area contributed by atoms with Crippen molar-refractivity contribution in [1.82, 2.24) is 0 Å². The molecule has 0 saturated carbocycles. The lowest BCUT2D eigenvalue weighted by Crippen LogP contribution is -1.98. The zero-order chi connectivity index (χ0) is 10.4. The molecule has 0 aliphatic carbocycles. The van der Waals surface area contributed by atoms with Gasteiger partial charge in [0.25, 0.3) is 0 Å². The normalized spacial score (nSPS) is 10.5. The Balaban J connectivity index is 2.65. The maximum Gasteiger partial charge on any atom is 0.0439 e. The predicted molar refractivity (Wildman–Crippen MR) is 64.5 cm³/mol. The van der Waals surface area contributed by atoms with Crippen LogP contribution in [0.15, 0.2) is 27.6 Å². The number of hydrogen-bond donors (Lipinski definition) is 2. The van der Waals surface area contributed by atoms with Crippen LogP contribution in [0, 0.1) is 0 Å². The van der Waals surface area contributed by atoms with Gasteiger partial charge >= 0.3 is 0 Å². The first kappa shape index (κ1) is 12.0. The Morgan fingerprint density at radius 1 is 1.43 bits per heavy atom. The molecular weight excluding hydrogens is 262 g/mol. The minimum absolute atomic E-state index is 0.251. The monoisotopic (exact) mass is 275 g/mol. The summed E-state index contributed by atoms with van der Waals surface area (Å²) in [6.07, 6.45) is 0.824. The van der Waals surface area contributed by atoms with Crippen LogP contribution in [-0.2, 0) is 6.54 Å². The average molecular weight is 276 g/mol. The number of aliphatic hydroxyl groups is 1. The van der Waals surface area contributed by atoms with Crippen molar-refractivity contribution in [2.75, 3.05) is 12.4 Å². The van der Waals surface area contributed by atoms with Crippen molar-refractivity contribution in [1.29, 1.82) is 0 Å². The molecule has 1 rings (SSSR count). The molecule has 0 aromatic heterocycles. The standard InChI is InChI=1S/C10H14BrNOS/c11-9-2-3-10(8(6-9)7-12)14-5-1-4-13/h2-3,6,13H,1,4-5,7,12H2. The lowest BCUT2D eigenvalue weighted by molar-refractivity contribution is 0.296. The maximum absolute atomic E-state index is 8.67. The van der Waals surface area contributed by atoms with E-state index in [1.54, 1.807) is 11.8 Å². The summed E-state index contributed by atoms with van der Waals surface area (Å²) < 4.78 is 1.06. The smallest absolute Gasteiger partial charge is 0.0439 e. The van der Waals surface area contributed by atoms with E-state index in [1.165, 1.54) is 4.90 Å². The van der Waals surface area contributed by atoms with Gasteiger partial charge in [-0.2, -0.15) is 0 Å². The van der Waals surface area contributed by atoms with Crippen molar-refractivity contribution in [3.05, 3.63) is 28.2 Å². The molecular formula is C10H14BrNOS. The Labute approximate surface area is 97.0 Å². The van der Waals surface area contributed by atoms with Crippen LogP contribution >= 0.6 is 27.7 Å². The molecule has 0 heterocycles. The number of halogens is 1. The second-order valence-electron chi connectivity index (χ2n) is 2.88. The first-order valence-corrected chi connectivity index (χ1v) is 6.28. The van der Waals surface area contributed by atoms with Gasteiger partial charge < -0.3 is 10.8 Å². The van der Waals surface area contributed by atoms with Gasteiger partial charge in [-0.3, -0.25) is 0 Å². The molecule has 0 fully saturated rings. The summed E-state index contributed by atoms with van der Waals surface area (Å²) in [5, 5.41) is 8.67. The zero-order valence-corrected chi connectivity index (χ0v) is 10.3. The molecule has 0 bridgehead atoms. The van der Waals surface area contributed by atoms with Crippen LogP contribution in [0.25, 0.3) is 0 Å². The molecule has 1 aromatic rings. The third-order valence-electron chi connectivity index (χ3n) is 1.80. The fourth-order valence-electron chi connectivity index (χ4n) is 1.10. The fraction of sp³-hybridized carbons (Fsp3) is 0.400. The largest absolute Gasteiger partial charge is 0.396 e. The van der Waals surface area contributed by atoms with E-state index >= 15 is 0 Å². The average Bonchev–Trinajstić information content (AvgIpc) is 2.20. The van der Waals surface area contributed by atoms with Crippen molar-refractivity contribution >= 4 is 27.7 Å².